The second-order valence-corrected chi connectivity index (χ2v) is 5.15. The zero-order chi connectivity index (χ0) is 14.5. The third-order valence-corrected chi connectivity index (χ3v) is 2.91. The van der Waals surface area contributed by atoms with E-state index in [1.165, 1.54) is 18.1 Å². The SMILES string of the molecule is Cc1ncncc1C(=O)Oc1ccc(CC(C)C)cc1. The number of hydrogen-bond donors (Lipinski definition) is 0. The molecule has 1 heterocycles. The van der Waals surface area contributed by atoms with Crippen molar-refractivity contribution in [3.63, 3.8) is 0 Å². The van der Waals surface area contributed by atoms with Gasteiger partial charge in [0.2, 0.25) is 0 Å². The molecule has 0 saturated heterocycles. The smallest absolute Gasteiger partial charge is 0.346 e. The first kappa shape index (κ1) is 14.2. The minimum absolute atomic E-state index is 0.388. The van der Waals surface area contributed by atoms with Crippen molar-refractivity contribution in [3.8, 4) is 5.75 Å². The van der Waals surface area contributed by atoms with Crippen LogP contribution in [-0.2, 0) is 6.42 Å². The van der Waals surface area contributed by atoms with Gasteiger partial charge in [-0.25, -0.2) is 14.8 Å². The molecule has 0 fully saturated rings. The highest BCUT2D eigenvalue weighted by Crippen LogP contribution is 2.16. The fourth-order valence-electron chi connectivity index (χ4n) is 1.92. The second kappa shape index (κ2) is 6.28. The van der Waals surface area contributed by atoms with Crippen LogP contribution in [0.3, 0.4) is 0 Å². The predicted molar refractivity (Wildman–Crippen MR) is 76.7 cm³/mol. The number of hydrogen-bond acceptors (Lipinski definition) is 4. The molecule has 0 aliphatic carbocycles. The number of nitrogens with zero attached hydrogens (tertiary/aromatic N) is 2. The number of aryl methyl sites for hydroxylation is 1. The van der Waals surface area contributed by atoms with Crippen molar-refractivity contribution >= 4 is 5.97 Å². The van der Waals surface area contributed by atoms with Crippen molar-refractivity contribution in [2.24, 2.45) is 5.92 Å². The summed E-state index contributed by atoms with van der Waals surface area (Å²) in [6, 6.07) is 7.59. The minimum atomic E-state index is -0.431. The number of rotatable bonds is 4. The molecule has 0 bridgehead atoms. The van der Waals surface area contributed by atoms with E-state index >= 15 is 0 Å². The van der Waals surface area contributed by atoms with E-state index in [9.17, 15) is 4.79 Å². The molecule has 0 aliphatic rings. The van der Waals surface area contributed by atoms with Gasteiger partial charge in [0.1, 0.15) is 12.1 Å². The third kappa shape index (κ3) is 3.63. The van der Waals surface area contributed by atoms with Crippen LogP contribution in [0.5, 0.6) is 5.75 Å². The van der Waals surface area contributed by atoms with Crippen LogP contribution >= 0.6 is 0 Å². The van der Waals surface area contributed by atoms with Gasteiger partial charge in [-0.1, -0.05) is 26.0 Å². The summed E-state index contributed by atoms with van der Waals surface area (Å²) in [6.07, 6.45) is 3.89. The molecule has 0 amide bonds. The van der Waals surface area contributed by atoms with Gasteiger partial charge in [0, 0.05) is 6.20 Å². The third-order valence-electron chi connectivity index (χ3n) is 2.91. The summed E-state index contributed by atoms with van der Waals surface area (Å²) >= 11 is 0. The van der Waals surface area contributed by atoms with Gasteiger partial charge < -0.3 is 4.74 Å². The van der Waals surface area contributed by atoms with Gasteiger partial charge in [0.15, 0.2) is 0 Å². The first-order valence-corrected chi connectivity index (χ1v) is 6.64. The van der Waals surface area contributed by atoms with Gasteiger partial charge in [-0.15, -0.1) is 0 Å². The predicted octanol–water partition coefficient (Wildman–Crippen LogP) is 3.20. The fourth-order valence-corrected chi connectivity index (χ4v) is 1.92. The number of benzene rings is 1. The Morgan fingerprint density at radius 2 is 1.95 bits per heavy atom. The minimum Gasteiger partial charge on any atom is -0.423 e. The van der Waals surface area contributed by atoms with E-state index in [0.29, 0.717) is 22.9 Å². The molecule has 0 unspecified atom stereocenters. The Labute approximate surface area is 118 Å². The quantitative estimate of drug-likeness (QED) is 0.632. The highest BCUT2D eigenvalue weighted by molar-refractivity contribution is 5.91. The molecule has 0 radical (unpaired) electrons. The molecule has 4 heteroatoms. The largest absolute Gasteiger partial charge is 0.423 e. The Kier molecular flexibility index (Phi) is 4.45. The lowest BCUT2D eigenvalue weighted by Crippen LogP contribution is -2.11. The summed E-state index contributed by atoms with van der Waals surface area (Å²) in [5, 5.41) is 0. The molecule has 104 valence electrons. The molecular weight excluding hydrogens is 252 g/mol. The first-order chi connectivity index (χ1) is 9.56. The standard InChI is InChI=1S/C16H18N2O2/c1-11(2)8-13-4-6-14(7-5-13)20-16(19)15-9-17-10-18-12(15)3/h4-7,9-11H,8H2,1-3H3. The van der Waals surface area contributed by atoms with E-state index in [1.807, 2.05) is 24.3 Å². The Morgan fingerprint density at radius 3 is 2.55 bits per heavy atom. The summed E-state index contributed by atoms with van der Waals surface area (Å²) in [7, 11) is 0. The monoisotopic (exact) mass is 270 g/mol. The molecule has 0 spiro atoms. The molecule has 20 heavy (non-hydrogen) atoms. The van der Waals surface area contributed by atoms with Crippen molar-refractivity contribution in [2.45, 2.75) is 27.2 Å². The molecule has 1 aromatic heterocycles. The number of esters is 1. The molecule has 2 rings (SSSR count). The van der Waals surface area contributed by atoms with Crippen molar-refractivity contribution in [3.05, 3.63) is 53.6 Å². The Hall–Kier alpha value is -2.23. The van der Waals surface area contributed by atoms with Crippen molar-refractivity contribution in [1.29, 1.82) is 0 Å². The van der Waals surface area contributed by atoms with Crippen LogP contribution in [-0.4, -0.2) is 15.9 Å². The lowest BCUT2D eigenvalue weighted by atomic mass is 10.0. The van der Waals surface area contributed by atoms with Gasteiger partial charge in [-0.2, -0.15) is 0 Å². The Balaban J connectivity index is 2.07. The van der Waals surface area contributed by atoms with E-state index in [0.717, 1.165) is 6.42 Å². The summed E-state index contributed by atoms with van der Waals surface area (Å²) in [5.74, 6) is 0.706. The molecule has 0 atom stereocenters. The number of carbonyl (C=O) groups is 1. The van der Waals surface area contributed by atoms with E-state index < -0.39 is 5.97 Å². The van der Waals surface area contributed by atoms with Crippen LogP contribution in [0.15, 0.2) is 36.8 Å². The van der Waals surface area contributed by atoms with Crippen molar-refractivity contribution in [1.82, 2.24) is 9.97 Å². The summed E-state index contributed by atoms with van der Waals surface area (Å²) < 4.78 is 5.32. The molecule has 0 saturated carbocycles. The maximum Gasteiger partial charge on any atom is 0.346 e. The van der Waals surface area contributed by atoms with Gasteiger partial charge in [0.25, 0.3) is 0 Å². The molecule has 2 aromatic rings. The van der Waals surface area contributed by atoms with Crippen LogP contribution in [0, 0.1) is 12.8 Å². The average Bonchev–Trinajstić information content (AvgIpc) is 2.41. The highest BCUT2D eigenvalue weighted by atomic mass is 16.5. The van der Waals surface area contributed by atoms with Crippen molar-refractivity contribution in [2.75, 3.05) is 0 Å². The van der Waals surface area contributed by atoms with Crippen LogP contribution in [0.2, 0.25) is 0 Å². The second-order valence-electron chi connectivity index (χ2n) is 5.15. The molecule has 4 nitrogen and oxygen atoms in total. The topological polar surface area (TPSA) is 52.1 Å². The van der Waals surface area contributed by atoms with Crippen LogP contribution < -0.4 is 4.74 Å². The number of aromatic nitrogens is 2. The molecular formula is C16H18N2O2. The lowest BCUT2D eigenvalue weighted by molar-refractivity contribution is 0.0733. The fraction of sp³-hybridized carbons (Fsp3) is 0.312. The van der Waals surface area contributed by atoms with Crippen LogP contribution in [0.25, 0.3) is 0 Å². The van der Waals surface area contributed by atoms with E-state index in [-0.39, 0.29) is 0 Å². The van der Waals surface area contributed by atoms with Crippen LogP contribution in [0.4, 0.5) is 0 Å². The van der Waals surface area contributed by atoms with Gasteiger partial charge in [-0.3, -0.25) is 0 Å². The lowest BCUT2D eigenvalue weighted by Gasteiger charge is -2.08. The first-order valence-electron chi connectivity index (χ1n) is 6.64. The van der Waals surface area contributed by atoms with E-state index in [4.69, 9.17) is 4.74 Å². The summed E-state index contributed by atoms with van der Waals surface area (Å²) in [4.78, 5) is 19.8. The average molecular weight is 270 g/mol. The Morgan fingerprint density at radius 1 is 1.25 bits per heavy atom. The molecule has 0 aliphatic heterocycles. The zero-order valence-corrected chi connectivity index (χ0v) is 12.0. The summed E-state index contributed by atoms with van der Waals surface area (Å²) in [5.41, 5.74) is 2.24. The number of ether oxygens (including phenoxy) is 1. The van der Waals surface area contributed by atoms with Gasteiger partial charge in [0.05, 0.1) is 11.3 Å². The van der Waals surface area contributed by atoms with Crippen LogP contribution in [0.1, 0.15) is 35.5 Å². The molecule has 1 aromatic carbocycles. The number of carbonyl (C=O) groups excluding carboxylic acids is 1. The van der Waals surface area contributed by atoms with E-state index in [2.05, 4.69) is 23.8 Å². The van der Waals surface area contributed by atoms with Gasteiger partial charge in [-0.05, 0) is 37.0 Å². The maximum absolute atomic E-state index is 12.0. The maximum atomic E-state index is 12.0. The van der Waals surface area contributed by atoms with Crippen molar-refractivity contribution < 1.29 is 9.53 Å². The van der Waals surface area contributed by atoms with E-state index in [1.54, 1.807) is 6.92 Å². The Bertz CT molecular complexity index is 592. The summed E-state index contributed by atoms with van der Waals surface area (Å²) in [6.45, 7) is 6.10. The van der Waals surface area contributed by atoms with Gasteiger partial charge >= 0.3 is 5.97 Å². The molecule has 0 N–H and O–H groups in total. The normalized spacial score (nSPS) is 10.6. The highest BCUT2D eigenvalue weighted by Gasteiger charge is 2.12. The zero-order valence-electron chi connectivity index (χ0n) is 12.0.